The van der Waals surface area contributed by atoms with Crippen molar-refractivity contribution in [3.05, 3.63) is 162 Å². The summed E-state index contributed by atoms with van der Waals surface area (Å²) in [5.74, 6) is 1.02. The number of aryl methyl sites for hydroxylation is 1. The van der Waals surface area contributed by atoms with Gasteiger partial charge in [-0.05, 0) is 99.3 Å². The topological polar surface area (TPSA) is 25.2 Å². The van der Waals surface area contributed by atoms with Gasteiger partial charge in [0.25, 0.3) is 0 Å². The first-order valence-corrected chi connectivity index (χ1v) is 16.6. The SMILES string of the molecule is CC1(C)c2cc(-c3ccc4c(c3)-c3cc(-c5ccccc5)ccc3\C=C/C=C\C=C\N4)ccc2-c2c1ccc1c3c(oc21)C=CCC3. The summed E-state index contributed by atoms with van der Waals surface area (Å²) in [4.78, 5) is 0. The third-order valence-corrected chi connectivity index (χ3v) is 10.2. The van der Waals surface area contributed by atoms with E-state index in [1.807, 2.05) is 18.4 Å². The van der Waals surface area contributed by atoms with Crippen molar-refractivity contribution in [1.29, 1.82) is 0 Å². The zero-order valence-electron chi connectivity index (χ0n) is 26.7. The molecule has 2 heteroatoms. The van der Waals surface area contributed by atoms with E-state index >= 15 is 0 Å². The zero-order valence-corrected chi connectivity index (χ0v) is 26.7. The molecule has 0 fully saturated rings. The van der Waals surface area contributed by atoms with Crippen LogP contribution in [0.15, 0.2) is 138 Å². The molecule has 3 aliphatic rings. The lowest BCUT2D eigenvalue weighted by atomic mass is 9.81. The van der Waals surface area contributed by atoms with Gasteiger partial charge < -0.3 is 9.73 Å². The van der Waals surface area contributed by atoms with E-state index in [9.17, 15) is 0 Å². The smallest absolute Gasteiger partial charge is 0.143 e. The first-order valence-electron chi connectivity index (χ1n) is 16.6. The zero-order chi connectivity index (χ0) is 31.5. The molecule has 0 atom stereocenters. The molecule has 0 spiro atoms. The van der Waals surface area contributed by atoms with Crippen molar-refractivity contribution in [3.8, 4) is 44.5 Å². The van der Waals surface area contributed by atoms with Crippen molar-refractivity contribution in [3.63, 3.8) is 0 Å². The first kappa shape index (κ1) is 27.7. The van der Waals surface area contributed by atoms with E-state index in [0.717, 1.165) is 29.9 Å². The minimum absolute atomic E-state index is 0.142. The van der Waals surface area contributed by atoms with Crippen molar-refractivity contribution in [2.24, 2.45) is 0 Å². The molecule has 2 aliphatic carbocycles. The van der Waals surface area contributed by atoms with Crippen LogP contribution in [0.3, 0.4) is 0 Å². The summed E-state index contributed by atoms with van der Waals surface area (Å²) in [5.41, 5.74) is 16.9. The number of benzene rings is 5. The Kier molecular flexibility index (Phi) is 6.33. The third-order valence-electron chi connectivity index (χ3n) is 10.2. The van der Waals surface area contributed by atoms with E-state index in [0.29, 0.717) is 0 Å². The Labute approximate surface area is 276 Å². The van der Waals surface area contributed by atoms with E-state index in [1.165, 1.54) is 72.1 Å². The van der Waals surface area contributed by atoms with Gasteiger partial charge in [0.05, 0.1) is 0 Å². The molecule has 0 radical (unpaired) electrons. The van der Waals surface area contributed by atoms with E-state index in [4.69, 9.17) is 4.42 Å². The van der Waals surface area contributed by atoms with E-state index in [2.05, 4.69) is 147 Å². The molecule has 1 aliphatic heterocycles. The highest BCUT2D eigenvalue weighted by Crippen LogP contribution is 2.53. The van der Waals surface area contributed by atoms with Crippen LogP contribution in [0, 0.1) is 0 Å². The maximum absolute atomic E-state index is 6.58. The highest BCUT2D eigenvalue weighted by Gasteiger charge is 2.38. The van der Waals surface area contributed by atoms with Gasteiger partial charge in [-0.3, -0.25) is 0 Å². The number of hydrogen-bond acceptors (Lipinski definition) is 2. The van der Waals surface area contributed by atoms with Gasteiger partial charge in [-0.15, -0.1) is 0 Å². The van der Waals surface area contributed by atoms with Gasteiger partial charge in [0.2, 0.25) is 0 Å². The van der Waals surface area contributed by atoms with Gasteiger partial charge in [-0.25, -0.2) is 0 Å². The number of rotatable bonds is 2. The monoisotopic (exact) mass is 605 g/mol. The Hall–Kier alpha value is -5.60. The Bertz CT molecular complexity index is 2340. The molecule has 0 saturated heterocycles. The lowest BCUT2D eigenvalue weighted by Gasteiger charge is -2.22. The number of allylic oxidation sites excluding steroid dienone is 5. The van der Waals surface area contributed by atoms with Crippen LogP contribution in [0.2, 0.25) is 0 Å². The Morgan fingerprint density at radius 2 is 1.43 bits per heavy atom. The van der Waals surface area contributed by atoms with Gasteiger partial charge in [-0.1, -0.05) is 117 Å². The molecule has 47 heavy (non-hydrogen) atoms. The Morgan fingerprint density at radius 3 is 2.34 bits per heavy atom. The molecule has 6 aromatic rings. The van der Waals surface area contributed by atoms with E-state index in [-0.39, 0.29) is 5.41 Å². The summed E-state index contributed by atoms with van der Waals surface area (Å²) >= 11 is 0. The van der Waals surface area contributed by atoms with Crippen LogP contribution >= 0.6 is 0 Å². The number of furan rings is 1. The summed E-state index contributed by atoms with van der Waals surface area (Å²) in [6.07, 6.45) is 19.0. The molecule has 0 saturated carbocycles. The third kappa shape index (κ3) is 4.47. The molecule has 1 aromatic heterocycles. The molecule has 226 valence electrons. The van der Waals surface area contributed by atoms with Gasteiger partial charge in [-0.2, -0.15) is 0 Å². The van der Waals surface area contributed by atoms with Gasteiger partial charge in [0, 0.05) is 39.4 Å². The van der Waals surface area contributed by atoms with Crippen molar-refractivity contribution in [1.82, 2.24) is 0 Å². The van der Waals surface area contributed by atoms with Crippen molar-refractivity contribution >= 4 is 28.8 Å². The first-order chi connectivity index (χ1) is 23.1. The molecule has 2 heterocycles. The number of nitrogens with one attached hydrogen (secondary N) is 1. The van der Waals surface area contributed by atoms with Gasteiger partial charge in [0.15, 0.2) is 0 Å². The van der Waals surface area contributed by atoms with Crippen molar-refractivity contribution in [2.45, 2.75) is 32.1 Å². The van der Waals surface area contributed by atoms with E-state index in [1.54, 1.807) is 0 Å². The maximum Gasteiger partial charge on any atom is 0.143 e. The molecule has 5 aromatic carbocycles. The fourth-order valence-electron chi connectivity index (χ4n) is 7.73. The van der Waals surface area contributed by atoms with Crippen LogP contribution in [0.1, 0.15) is 48.3 Å². The van der Waals surface area contributed by atoms with Crippen LogP contribution in [0.5, 0.6) is 0 Å². The minimum Gasteiger partial charge on any atom is -0.456 e. The lowest BCUT2D eigenvalue weighted by Crippen LogP contribution is -2.15. The fraction of sp³-hybridized carbons (Fsp3) is 0.111. The van der Waals surface area contributed by atoms with E-state index < -0.39 is 0 Å². The normalized spacial score (nSPS) is 17.3. The van der Waals surface area contributed by atoms with Crippen molar-refractivity contribution in [2.75, 3.05) is 5.32 Å². The molecular formula is C45H35NO. The average Bonchev–Trinajstić information content (AvgIpc) is 3.59. The van der Waals surface area contributed by atoms with Crippen LogP contribution in [-0.2, 0) is 11.8 Å². The van der Waals surface area contributed by atoms with Crippen LogP contribution in [0.25, 0.3) is 67.6 Å². The summed E-state index contributed by atoms with van der Waals surface area (Å²) in [6.45, 7) is 4.70. The number of fused-ring (bicyclic) bond motifs is 10. The maximum atomic E-state index is 6.58. The lowest BCUT2D eigenvalue weighted by molar-refractivity contribution is 0.595. The number of anilines is 1. The molecule has 1 N–H and O–H groups in total. The fourth-order valence-corrected chi connectivity index (χ4v) is 7.73. The molecule has 0 unspecified atom stereocenters. The quantitative estimate of drug-likeness (QED) is 0.212. The molecule has 0 bridgehead atoms. The molecular weight excluding hydrogens is 571 g/mol. The molecule has 2 nitrogen and oxygen atoms in total. The molecule has 0 amide bonds. The predicted octanol–water partition coefficient (Wildman–Crippen LogP) is 12.2. The van der Waals surface area contributed by atoms with Crippen LogP contribution < -0.4 is 5.32 Å². The summed E-state index contributed by atoms with van der Waals surface area (Å²) < 4.78 is 6.58. The second-order valence-electron chi connectivity index (χ2n) is 13.3. The second-order valence-corrected chi connectivity index (χ2v) is 13.3. The largest absolute Gasteiger partial charge is 0.456 e. The number of hydrogen-bond donors (Lipinski definition) is 1. The Balaban J connectivity index is 1.20. The second kappa shape index (κ2) is 10.7. The molecule has 9 rings (SSSR count). The van der Waals surface area contributed by atoms with Crippen molar-refractivity contribution < 1.29 is 4.42 Å². The standard InChI is InChI=1S/C45H35NO/c1-45(2)39-23-22-35-34-15-9-10-16-42(34)47-44(35)43(39)36-21-19-33(28-40(36)45)32-20-24-41-38(27-32)37-26-31(29-12-7-5-8-13-29)18-17-30(37)14-6-3-4-11-25-46-41/h3-8,10-14,16-28,46H,9,15H2,1-2H3/b4-3-,14-6-,25-11+. The van der Waals surface area contributed by atoms with Crippen LogP contribution in [0.4, 0.5) is 5.69 Å². The summed E-state index contributed by atoms with van der Waals surface area (Å²) in [6, 6.07) is 35.9. The van der Waals surface area contributed by atoms with Gasteiger partial charge in [0.1, 0.15) is 11.3 Å². The predicted molar refractivity (Wildman–Crippen MR) is 198 cm³/mol. The average molecular weight is 606 g/mol. The summed E-state index contributed by atoms with van der Waals surface area (Å²) in [5, 5.41) is 4.83. The highest BCUT2D eigenvalue weighted by atomic mass is 16.3. The summed E-state index contributed by atoms with van der Waals surface area (Å²) in [7, 11) is 0. The minimum atomic E-state index is -0.142. The van der Waals surface area contributed by atoms with Crippen LogP contribution in [-0.4, -0.2) is 0 Å². The highest BCUT2D eigenvalue weighted by molar-refractivity contribution is 6.02. The van der Waals surface area contributed by atoms with Gasteiger partial charge >= 0.3 is 0 Å². The Morgan fingerprint density at radius 1 is 0.638 bits per heavy atom.